The van der Waals surface area contributed by atoms with Gasteiger partial charge < -0.3 is 19.7 Å². The Bertz CT molecular complexity index is 644. The average molecular weight is 471 g/mol. The first-order valence-corrected chi connectivity index (χ1v) is 9.62. The summed E-state index contributed by atoms with van der Waals surface area (Å²) in [4.78, 5) is 6.96. The van der Waals surface area contributed by atoms with Crippen LogP contribution in [-0.4, -0.2) is 44.2 Å². The van der Waals surface area contributed by atoms with E-state index in [2.05, 4.69) is 27.3 Å². The number of aliphatic imine (C=N–C) groups is 1. The van der Waals surface area contributed by atoms with Gasteiger partial charge in [-0.3, -0.25) is 4.99 Å². The Hall–Kier alpha value is -1.18. The number of fused-ring (bicyclic) bond motifs is 1. The molecular weight excluding hydrogens is 441 g/mol. The van der Waals surface area contributed by atoms with Crippen LogP contribution in [0.25, 0.3) is 0 Å². The molecule has 0 bridgehead atoms. The standard InChI is InChI=1S/C20H29N3O2.HI/c1-21-19(23-10-9-20(15-23)7-2-3-8-20)22-14-16-5-6-17-18(13-16)25-12-4-11-24-17;/h5-6,13H,2-4,7-12,14-15H2,1H3,(H,21,22);1H. The van der Waals surface area contributed by atoms with Crippen molar-refractivity contribution in [2.75, 3.05) is 33.4 Å². The van der Waals surface area contributed by atoms with Crippen molar-refractivity contribution in [3.8, 4) is 11.5 Å². The third-order valence-corrected chi connectivity index (χ3v) is 5.88. The van der Waals surface area contributed by atoms with Crippen LogP contribution in [-0.2, 0) is 6.54 Å². The highest BCUT2D eigenvalue weighted by Gasteiger charge is 2.41. The minimum Gasteiger partial charge on any atom is -0.490 e. The topological polar surface area (TPSA) is 46.1 Å². The van der Waals surface area contributed by atoms with E-state index in [-0.39, 0.29) is 24.0 Å². The lowest BCUT2D eigenvalue weighted by atomic mass is 9.86. The van der Waals surface area contributed by atoms with Crippen molar-refractivity contribution in [2.24, 2.45) is 10.4 Å². The molecular formula is C20H30IN3O2. The molecule has 1 aromatic rings. The molecule has 0 amide bonds. The van der Waals surface area contributed by atoms with Gasteiger partial charge in [0, 0.05) is 33.1 Å². The molecule has 2 heterocycles. The average Bonchev–Trinajstić information content (AvgIpc) is 3.20. The molecule has 6 heteroatoms. The molecule has 0 radical (unpaired) electrons. The van der Waals surface area contributed by atoms with Gasteiger partial charge in [0.15, 0.2) is 17.5 Å². The summed E-state index contributed by atoms with van der Waals surface area (Å²) in [7, 11) is 1.88. The van der Waals surface area contributed by atoms with Crippen LogP contribution in [0.3, 0.4) is 0 Å². The molecule has 4 rings (SSSR count). The predicted molar refractivity (Wildman–Crippen MR) is 115 cm³/mol. The van der Waals surface area contributed by atoms with E-state index in [0.717, 1.165) is 56.7 Å². The third kappa shape index (κ3) is 4.21. The number of hydrogen-bond donors (Lipinski definition) is 1. The molecule has 0 aromatic heterocycles. The molecule has 1 saturated carbocycles. The van der Waals surface area contributed by atoms with Crippen LogP contribution in [0.1, 0.15) is 44.1 Å². The van der Waals surface area contributed by atoms with Gasteiger partial charge in [-0.15, -0.1) is 24.0 Å². The van der Waals surface area contributed by atoms with E-state index in [9.17, 15) is 0 Å². The summed E-state index contributed by atoms with van der Waals surface area (Å²) in [6.45, 7) is 4.50. The highest BCUT2D eigenvalue weighted by Crippen LogP contribution is 2.45. The molecule has 144 valence electrons. The van der Waals surface area contributed by atoms with Crippen LogP contribution in [0.2, 0.25) is 0 Å². The van der Waals surface area contributed by atoms with Crippen molar-refractivity contribution in [1.29, 1.82) is 0 Å². The number of rotatable bonds is 2. The van der Waals surface area contributed by atoms with Crippen LogP contribution >= 0.6 is 24.0 Å². The molecule has 26 heavy (non-hydrogen) atoms. The summed E-state index contributed by atoms with van der Waals surface area (Å²) in [5, 5.41) is 3.54. The molecule has 2 aliphatic heterocycles. The fraction of sp³-hybridized carbons (Fsp3) is 0.650. The van der Waals surface area contributed by atoms with Gasteiger partial charge >= 0.3 is 0 Å². The number of benzene rings is 1. The first-order valence-electron chi connectivity index (χ1n) is 9.62. The van der Waals surface area contributed by atoms with Crippen molar-refractivity contribution in [1.82, 2.24) is 10.2 Å². The maximum absolute atomic E-state index is 5.79. The number of nitrogens with one attached hydrogen (secondary N) is 1. The second-order valence-corrected chi connectivity index (χ2v) is 7.61. The van der Waals surface area contributed by atoms with Crippen LogP contribution in [0.15, 0.2) is 23.2 Å². The van der Waals surface area contributed by atoms with E-state index < -0.39 is 0 Å². The van der Waals surface area contributed by atoms with Gasteiger partial charge in [-0.2, -0.15) is 0 Å². The second kappa shape index (κ2) is 8.67. The van der Waals surface area contributed by atoms with E-state index in [1.54, 1.807) is 0 Å². The smallest absolute Gasteiger partial charge is 0.193 e. The highest BCUT2D eigenvalue weighted by molar-refractivity contribution is 14.0. The summed E-state index contributed by atoms with van der Waals surface area (Å²) in [6, 6.07) is 6.21. The zero-order valence-electron chi connectivity index (χ0n) is 15.6. The van der Waals surface area contributed by atoms with Crippen LogP contribution in [0.5, 0.6) is 11.5 Å². The number of nitrogens with zero attached hydrogens (tertiary/aromatic N) is 2. The first-order chi connectivity index (χ1) is 12.3. The second-order valence-electron chi connectivity index (χ2n) is 7.61. The summed E-state index contributed by atoms with van der Waals surface area (Å²) >= 11 is 0. The summed E-state index contributed by atoms with van der Waals surface area (Å²) in [5.74, 6) is 2.74. The Labute approximate surface area is 173 Å². The number of hydrogen-bond acceptors (Lipinski definition) is 3. The number of halogens is 1. The quantitative estimate of drug-likeness (QED) is 0.405. The Morgan fingerprint density at radius 3 is 2.65 bits per heavy atom. The Morgan fingerprint density at radius 2 is 1.88 bits per heavy atom. The van der Waals surface area contributed by atoms with Gasteiger partial charge in [-0.25, -0.2) is 0 Å². The molecule has 1 N–H and O–H groups in total. The fourth-order valence-electron chi connectivity index (χ4n) is 4.48. The normalized spacial score (nSPS) is 21.4. The highest BCUT2D eigenvalue weighted by atomic mass is 127. The van der Waals surface area contributed by atoms with Crippen LogP contribution in [0.4, 0.5) is 0 Å². The summed E-state index contributed by atoms with van der Waals surface area (Å²) in [5.41, 5.74) is 1.76. The molecule has 1 aromatic carbocycles. The lowest BCUT2D eigenvalue weighted by Gasteiger charge is -2.26. The van der Waals surface area contributed by atoms with Gasteiger partial charge in [0.2, 0.25) is 0 Å². The number of ether oxygens (including phenoxy) is 2. The van der Waals surface area contributed by atoms with E-state index in [1.165, 1.54) is 37.7 Å². The molecule has 1 aliphatic carbocycles. The molecule has 0 unspecified atom stereocenters. The minimum atomic E-state index is 0. The molecule has 0 atom stereocenters. The SMILES string of the molecule is CN=C(NCc1ccc2c(c1)OCCCO2)N1CCC2(CCCC2)C1.I. The Kier molecular flexibility index (Phi) is 6.53. The molecule has 1 spiro atoms. The van der Waals surface area contributed by atoms with Gasteiger partial charge in [0.25, 0.3) is 0 Å². The third-order valence-electron chi connectivity index (χ3n) is 5.88. The van der Waals surface area contributed by atoms with Crippen molar-refractivity contribution < 1.29 is 9.47 Å². The van der Waals surface area contributed by atoms with Crippen molar-refractivity contribution in [3.05, 3.63) is 23.8 Å². The van der Waals surface area contributed by atoms with Gasteiger partial charge in [-0.1, -0.05) is 18.9 Å². The molecule has 5 nitrogen and oxygen atoms in total. The largest absolute Gasteiger partial charge is 0.490 e. The van der Waals surface area contributed by atoms with E-state index in [1.807, 2.05) is 13.1 Å². The van der Waals surface area contributed by atoms with E-state index in [4.69, 9.17) is 9.47 Å². The van der Waals surface area contributed by atoms with Crippen LogP contribution < -0.4 is 14.8 Å². The van der Waals surface area contributed by atoms with Gasteiger partial charge in [0.05, 0.1) is 13.2 Å². The zero-order valence-corrected chi connectivity index (χ0v) is 18.0. The monoisotopic (exact) mass is 471 g/mol. The predicted octanol–water partition coefficient (Wildman–Crippen LogP) is 3.81. The van der Waals surface area contributed by atoms with E-state index in [0.29, 0.717) is 5.41 Å². The van der Waals surface area contributed by atoms with E-state index >= 15 is 0 Å². The molecule has 2 fully saturated rings. The Morgan fingerprint density at radius 1 is 1.12 bits per heavy atom. The Balaban J connectivity index is 0.00000196. The zero-order chi connectivity index (χ0) is 17.1. The van der Waals surface area contributed by atoms with Gasteiger partial charge in [0.1, 0.15) is 0 Å². The van der Waals surface area contributed by atoms with Crippen molar-refractivity contribution in [3.63, 3.8) is 0 Å². The lowest BCUT2D eigenvalue weighted by Crippen LogP contribution is -2.40. The first kappa shape index (κ1) is 19.6. The molecule has 1 saturated heterocycles. The summed E-state index contributed by atoms with van der Waals surface area (Å²) < 4.78 is 11.5. The maximum Gasteiger partial charge on any atom is 0.193 e. The fourth-order valence-corrected chi connectivity index (χ4v) is 4.48. The van der Waals surface area contributed by atoms with Crippen molar-refractivity contribution in [2.45, 2.75) is 45.1 Å². The minimum absolute atomic E-state index is 0. The number of guanidine groups is 1. The van der Waals surface area contributed by atoms with Crippen molar-refractivity contribution >= 4 is 29.9 Å². The maximum atomic E-state index is 5.79. The van der Waals surface area contributed by atoms with Gasteiger partial charge in [-0.05, 0) is 42.4 Å². The molecule has 3 aliphatic rings. The van der Waals surface area contributed by atoms with Crippen LogP contribution in [0, 0.1) is 5.41 Å². The summed E-state index contributed by atoms with van der Waals surface area (Å²) in [6.07, 6.45) is 7.84. The number of likely N-dealkylation sites (tertiary alicyclic amines) is 1. The lowest BCUT2D eigenvalue weighted by molar-refractivity contribution is 0.297.